The van der Waals surface area contributed by atoms with Crippen LogP contribution in [0.5, 0.6) is 0 Å². The van der Waals surface area contributed by atoms with Crippen molar-refractivity contribution in [2.75, 3.05) is 0 Å². The van der Waals surface area contributed by atoms with Gasteiger partial charge in [-0.1, -0.05) is 17.3 Å². The molecule has 3 heteroatoms. The van der Waals surface area contributed by atoms with Gasteiger partial charge in [-0.25, -0.2) is 0 Å². The maximum atomic E-state index is 9.82. The van der Waals surface area contributed by atoms with Gasteiger partial charge in [-0.15, -0.1) is 0 Å². The average Bonchev–Trinajstić information content (AvgIpc) is 2.48. The molecule has 0 atom stereocenters. The van der Waals surface area contributed by atoms with Crippen LogP contribution in [0, 0.1) is 0 Å². The van der Waals surface area contributed by atoms with E-state index in [-0.39, 0.29) is 0 Å². The molecule has 0 fully saturated rings. The minimum absolute atomic E-state index is 0.662. The van der Waals surface area contributed by atoms with Crippen molar-refractivity contribution in [1.29, 1.82) is 0 Å². The fourth-order valence-corrected chi connectivity index (χ4v) is 1.38. The lowest BCUT2D eigenvalue weighted by atomic mass is 9.97. The van der Waals surface area contributed by atoms with E-state index in [1.165, 1.54) is 0 Å². The summed E-state index contributed by atoms with van der Waals surface area (Å²) in [5.41, 5.74) is 0.538. The summed E-state index contributed by atoms with van der Waals surface area (Å²) in [7, 11) is 0. The van der Waals surface area contributed by atoms with E-state index in [1.54, 1.807) is 20.0 Å². The van der Waals surface area contributed by atoms with Gasteiger partial charge in [0.25, 0.3) is 0 Å². The summed E-state index contributed by atoms with van der Waals surface area (Å²) in [5.74, 6) is 0. The first kappa shape index (κ1) is 8.26. The third-order valence-corrected chi connectivity index (χ3v) is 2.04. The van der Waals surface area contributed by atoms with Crippen LogP contribution in [-0.4, -0.2) is 10.3 Å². The van der Waals surface area contributed by atoms with Crippen molar-refractivity contribution in [3.8, 4) is 0 Å². The fraction of sp³-hybridized carbons (Fsp3) is 0.300. The van der Waals surface area contributed by atoms with Crippen molar-refractivity contribution in [2.45, 2.75) is 19.4 Å². The van der Waals surface area contributed by atoms with Crippen molar-refractivity contribution in [3.05, 3.63) is 30.0 Å². The molecule has 13 heavy (non-hydrogen) atoms. The average molecular weight is 177 g/mol. The second-order valence-corrected chi connectivity index (χ2v) is 3.61. The Bertz CT molecular complexity index is 426. The molecule has 0 aliphatic rings. The number of nitrogens with zero attached hydrogens (tertiary/aromatic N) is 1. The number of para-hydroxylation sites is 1. The minimum atomic E-state index is -0.890. The quantitative estimate of drug-likeness (QED) is 0.725. The molecule has 3 nitrogen and oxygen atoms in total. The van der Waals surface area contributed by atoms with Crippen molar-refractivity contribution >= 4 is 11.0 Å². The second-order valence-electron chi connectivity index (χ2n) is 3.61. The third kappa shape index (κ3) is 1.31. The molecule has 1 aromatic heterocycles. The van der Waals surface area contributed by atoms with E-state index >= 15 is 0 Å². The van der Waals surface area contributed by atoms with Gasteiger partial charge >= 0.3 is 0 Å². The van der Waals surface area contributed by atoms with Gasteiger partial charge in [0, 0.05) is 10.9 Å². The SMILES string of the molecule is CC(C)(O)c1cccc2cnoc12. The lowest BCUT2D eigenvalue weighted by Gasteiger charge is -2.16. The van der Waals surface area contributed by atoms with Crippen molar-refractivity contribution in [2.24, 2.45) is 0 Å². The molecule has 0 saturated heterocycles. The summed E-state index contributed by atoms with van der Waals surface area (Å²) in [5, 5.41) is 14.4. The van der Waals surface area contributed by atoms with Crippen LogP contribution in [0.3, 0.4) is 0 Å². The molecule has 0 aliphatic heterocycles. The second kappa shape index (κ2) is 2.57. The zero-order chi connectivity index (χ0) is 9.47. The lowest BCUT2D eigenvalue weighted by molar-refractivity contribution is 0.0788. The van der Waals surface area contributed by atoms with Crippen LogP contribution in [-0.2, 0) is 5.60 Å². The Balaban J connectivity index is 2.75. The Kier molecular flexibility index (Phi) is 1.63. The summed E-state index contributed by atoms with van der Waals surface area (Å²) in [6.45, 7) is 3.45. The van der Waals surface area contributed by atoms with E-state index < -0.39 is 5.60 Å². The summed E-state index contributed by atoms with van der Waals surface area (Å²) < 4.78 is 5.07. The van der Waals surface area contributed by atoms with Gasteiger partial charge in [0.15, 0.2) is 5.58 Å². The Morgan fingerprint density at radius 2 is 2.15 bits per heavy atom. The molecule has 1 N–H and O–H groups in total. The molecular formula is C10H11NO2. The number of hydrogen-bond donors (Lipinski definition) is 1. The molecule has 2 rings (SSSR count). The maximum absolute atomic E-state index is 9.82. The van der Waals surface area contributed by atoms with Gasteiger partial charge in [0.05, 0.1) is 11.8 Å². The molecule has 0 amide bonds. The first-order chi connectivity index (χ1) is 6.09. The van der Waals surface area contributed by atoms with Crippen LogP contribution in [0.2, 0.25) is 0 Å². The van der Waals surface area contributed by atoms with Gasteiger partial charge in [-0.2, -0.15) is 0 Å². The molecule has 0 unspecified atom stereocenters. The van der Waals surface area contributed by atoms with E-state index in [0.29, 0.717) is 5.58 Å². The van der Waals surface area contributed by atoms with Gasteiger partial charge in [-0.3, -0.25) is 0 Å². The van der Waals surface area contributed by atoms with Crippen LogP contribution < -0.4 is 0 Å². The molecule has 2 aromatic rings. The summed E-state index contributed by atoms with van der Waals surface area (Å²) in [6.07, 6.45) is 1.64. The van der Waals surface area contributed by atoms with Crippen LogP contribution in [0.15, 0.2) is 28.9 Å². The monoisotopic (exact) mass is 177 g/mol. The van der Waals surface area contributed by atoms with Gasteiger partial charge in [0.2, 0.25) is 0 Å². The first-order valence-electron chi connectivity index (χ1n) is 4.15. The smallest absolute Gasteiger partial charge is 0.172 e. The third-order valence-electron chi connectivity index (χ3n) is 2.04. The van der Waals surface area contributed by atoms with E-state index in [0.717, 1.165) is 10.9 Å². The zero-order valence-corrected chi connectivity index (χ0v) is 7.61. The van der Waals surface area contributed by atoms with Crippen LogP contribution >= 0.6 is 0 Å². The van der Waals surface area contributed by atoms with Gasteiger partial charge in [0.1, 0.15) is 0 Å². The zero-order valence-electron chi connectivity index (χ0n) is 7.61. The number of aromatic nitrogens is 1. The molecule has 1 aromatic carbocycles. The van der Waals surface area contributed by atoms with Crippen LogP contribution in [0.25, 0.3) is 11.0 Å². The largest absolute Gasteiger partial charge is 0.386 e. The van der Waals surface area contributed by atoms with Crippen LogP contribution in [0.4, 0.5) is 0 Å². The number of hydrogen-bond acceptors (Lipinski definition) is 3. The lowest BCUT2D eigenvalue weighted by Crippen LogP contribution is -2.15. The predicted molar refractivity (Wildman–Crippen MR) is 49.3 cm³/mol. The molecule has 68 valence electrons. The fourth-order valence-electron chi connectivity index (χ4n) is 1.38. The number of rotatable bonds is 1. The maximum Gasteiger partial charge on any atom is 0.172 e. The molecule has 1 heterocycles. The Labute approximate surface area is 76.0 Å². The Hall–Kier alpha value is -1.35. The predicted octanol–water partition coefficient (Wildman–Crippen LogP) is 2.06. The first-order valence-corrected chi connectivity index (χ1v) is 4.15. The number of benzene rings is 1. The highest BCUT2D eigenvalue weighted by molar-refractivity contribution is 5.79. The Morgan fingerprint density at radius 1 is 1.38 bits per heavy atom. The highest BCUT2D eigenvalue weighted by Crippen LogP contribution is 2.27. The molecule has 0 spiro atoms. The van der Waals surface area contributed by atoms with Crippen molar-refractivity contribution in [3.63, 3.8) is 0 Å². The number of aliphatic hydroxyl groups is 1. The van der Waals surface area contributed by atoms with E-state index in [1.807, 2.05) is 18.2 Å². The molecular weight excluding hydrogens is 166 g/mol. The van der Waals surface area contributed by atoms with Crippen LogP contribution in [0.1, 0.15) is 19.4 Å². The summed E-state index contributed by atoms with van der Waals surface area (Å²) in [4.78, 5) is 0. The van der Waals surface area contributed by atoms with Crippen molar-refractivity contribution in [1.82, 2.24) is 5.16 Å². The normalized spacial score (nSPS) is 12.2. The highest BCUT2D eigenvalue weighted by atomic mass is 16.5. The standard InChI is InChI=1S/C10H11NO2/c1-10(2,12)8-5-3-4-7-6-11-13-9(7)8/h3-6,12H,1-2H3. The molecule has 0 bridgehead atoms. The van der Waals surface area contributed by atoms with Gasteiger partial charge < -0.3 is 9.63 Å². The molecule has 0 aliphatic carbocycles. The topological polar surface area (TPSA) is 46.3 Å². The van der Waals surface area contributed by atoms with Crippen molar-refractivity contribution < 1.29 is 9.63 Å². The summed E-state index contributed by atoms with van der Waals surface area (Å²) >= 11 is 0. The molecule has 0 saturated carbocycles. The number of fused-ring (bicyclic) bond motifs is 1. The Morgan fingerprint density at radius 3 is 2.85 bits per heavy atom. The van der Waals surface area contributed by atoms with Gasteiger partial charge in [-0.05, 0) is 19.9 Å². The molecule has 0 radical (unpaired) electrons. The van der Waals surface area contributed by atoms with E-state index in [4.69, 9.17) is 4.52 Å². The summed E-state index contributed by atoms with van der Waals surface area (Å²) in [6, 6.07) is 5.63. The van der Waals surface area contributed by atoms with E-state index in [2.05, 4.69) is 5.16 Å². The highest BCUT2D eigenvalue weighted by Gasteiger charge is 2.20. The van der Waals surface area contributed by atoms with E-state index in [9.17, 15) is 5.11 Å². The minimum Gasteiger partial charge on any atom is -0.386 e.